The number of halogens is 1. The molecule has 0 aliphatic rings. The second-order valence-corrected chi connectivity index (χ2v) is 6.87. The number of rotatable bonds is 6. The quantitative estimate of drug-likeness (QED) is 0.861. The summed E-state index contributed by atoms with van der Waals surface area (Å²) in [5, 5.41) is 3.51. The van der Waals surface area contributed by atoms with Crippen LogP contribution in [0.4, 0.5) is 0 Å². The van der Waals surface area contributed by atoms with Crippen LogP contribution >= 0.6 is 27.3 Å². The summed E-state index contributed by atoms with van der Waals surface area (Å²) in [5.74, 6) is 0.605. The fourth-order valence-corrected chi connectivity index (χ4v) is 3.63. The molecule has 2 heterocycles. The second kappa shape index (κ2) is 7.15. The average Bonchev–Trinajstić information content (AvgIpc) is 2.78. The zero-order valence-corrected chi connectivity index (χ0v) is 14.2. The third-order valence-electron chi connectivity index (χ3n) is 2.99. The molecule has 4 nitrogen and oxygen atoms in total. The fraction of sp³-hybridized carbons (Fsp3) is 0.429. The molecule has 1 atom stereocenters. The van der Waals surface area contributed by atoms with Gasteiger partial charge < -0.3 is 10.1 Å². The third kappa shape index (κ3) is 3.77. The molecule has 2 aromatic rings. The van der Waals surface area contributed by atoms with Gasteiger partial charge in [0.1, 0.15) is 6.33 Å². The molecule has 0 saturated heterocycles. The number of nitrogens with zero attached hydrogens (tertiary/aromatic N) is 2. The minimum Gasteiger partial charge on any atom is -0.481 e. The maximum atomic E-state index is 5.15. The molecule has 1 unspecified atom stereocenters. The highest BCUT2D eigenvalue weighted by atomic mass is 79.9. The van der Waals surface area contributed by atoms with E-state index in [0.29, 0.717) is 5.88 Å². The minimum atomic E-state index is 0.259. The van der Waals surface area contributed by atoms with Gasteiger partial charge in [-0.15, -0.1) is 11.3 Å². The molecule has 1 N–H and O–H groups in total. The van der Waals surface area contributed by atoms with Crippen molar-refractivity contribution in [2.24, 2.45) is 0 Å². The number of likely N-dealkylation sites (N-methyl/N-ethyl adjacent to an activating group) is 1. The first-order valence-corrected chi connectivity index (χ1v) is 8.09. The minimum absolute atomic E-state index is 0.259. The molecule has 0 aliphatic carbocycles. The molecule has 20 heavy (non-hydrogen) atoms. The molecule has 0 bridgehead atoms. The van der Waals surface area contributed by atoms with Gasteiger partial charge in [-0.05, 0) is 41.0 Å². The van der Waals surface area contributed by atoms with Crippen LogP contribution in [-0.2, 0) is 6.42 Å². The van der Waals surface area contributed by atoms with Crippen LogP contribution in [-0.4, -0.2) is 23.6 Å². The SMILES string of the molecule is CCNC(Cc1cc(OC)ncn1)c1cc(C)c(Br)s1. The molecule has 0 aliphatic heterocycles. The maximum absolute atomic E-state index is 5.15. The fourth-order valence-electron chi connectivity index (χ4n) is 1.98. The highest BCUT2D eigenvalue weighted by molar-refractivity contribution is 9.11. The van der Waals surface area contributed by atoms with Crippen LogP contribution in [0.3, 0.4) is 0 Å². The Morgan fingerprint density at radius 1 is 1.40 bits per heavy atom. The van der Waals surface area contributed by atoms with Crippen molar-refractivity contribution in [2.75, 3.05) is 13.7 Å². The molecule has 0 amide bonds. The van der Waals surface area contributed by atoms with Gasteiger partial charge in [-0.25, -0.2) is 9.97 Å². The molecule has 2 rings (SSSR count). The summed E-state index contributed by atoms with van der Waals surface area (Å²) in [5.41, 5.74) is 2.25. The van der Waals surface area contributed by atoms with Crippen molar-refractivity contribution in [3.63, 3.8) is 0 Å². The van der Waals surface area contributed by atoms with Gasteiger partial charge in [-0.2, -0.15) is 0 Å². The zero-order valence-electron chi connectivity index (χ0n) is 11.8. The third-order valence-corrected chi connectivity index (χ3v) is 5.24. The summed E-state index contributed by atoms with van der Waals surface area (Å²) < 4.78 is 6.34. The van der Waals surface area contributed by atoms with Crippen molar-refractivity contribution in [3.05, 3.63) is 38.4 Å². The number of aryl methyl sites for hydroxylation is 1. The molecule has 0 radical (unpaired) electrons. The Labute approximate surface area is 131 Å². The number of nitrogens with one attached hydrogen (secondary N) is 1. The van der Waals surface area contributed by atoms with Gasteiger partial charge in [0.25, 0.3) is 0 Å². The van der Waals surface area contributed by atoms with Gasteiger partial charge in [0.15, 0.2) is 0 Å². The molecular formula is C14H18BrN3OS. The smallest absolute Gasteiger partial charge is 0.216 e. The summed E-state index contributed by atoms with van der Waals surface area (Å²) in [6.45, 7) is 5.14. The molecule has 2 aromatic heterocycles. The van der Waals surface area contributed by atoms with E-state index in [0.717, 1.165) is 18.7 Å². The van der Waals surface area contributed by atoms with Crippen molar-refractivity contribution in [1.82, 2.24) is 15.3 Å². The van der Waals surface area contributed by atoms with E-state index in [2.05, 4.69) is 51.1 Å². The van der Waals surface area contributed by atoms with E-state index in [9.17, 15) is 0 Å². The molecule has 0 saturated carbocycles. The highest BCUT2D eigenvalue weighted by Gasteiger charge is 2.16. The van der Waals surface area contributed by atoms with Crippen molar-refractivity contribution < 1.29 is 4.74 Å². The Morgan fingerprint density at radius 2 is 2.20 bits per heavy atom. The Kier molecular flexibility index (Phi) is 5.51. The lowest BCUT2D eigenvalue weighted by molar-refractivity contribution is 0.395. The molecule has 108 valence electrons. The number of aromatic nitrogens is 2. The number of hydrogen-bond acceptors (Lipinski definition) is 5. The highest BCUT2D eigenvalue weighted by Crippen LogP contribution is 2.32. The Hall–Kier alpha value is -0.980. The Morgan fingerprint density at radius 3 is 2.80 bits per heavy atom. The largest absolute Gasteiger partial charge is 0.481 e. The molecule has 0 spiro atoms. The van der Waals surface area contributed by atoms with Crippen LogP contribution in [0.1, 0.15) is 29.1 Å². The predicted octanol–water partition coefficient (Wildman–Crippen LogP) is 3.51. The Balaban J connectivity index is 2.20. The molecule has 0 aromatic carbocycles. The lowest BCUT2D eigenvalue weighted by Crippen LogP contribution is -2.22. The number of hydrogen-bond donors (Lipinski definition) is 1. The molecule has 0 fully saturated rings. The first-order chi connectivity index (χ1) is 9.63. The van der Waals surface area contributed by atoms with E-state index in [4.69, 9.17) is 4.74 Å². The standard InChI is InChI=1S/C14H18BrN3OS/c1-4-16-11(12-5-9(2)14(15)20-12)6-10-7-13(19-3)18-8-17-10/h5,7-8,11,16H,4,6H2,1-3H3. The van der Waals surface area contributed by atoms with E-state index in [1.165, 1.54) is 14.2 Å². The van der Waals surface area contributed by atoms with Crippen LogP contribution < -0.4 is 10.1 Å². The van der Waals surface area contributed by atoms with Gasteiger partial charge in [0, 0.05) is 29.1 Å². The van der Waals surface area contributed by atoms with Crippen molar-refractivity contribution in [1.29, 1.82) is 0 Å². The first-order valence-electron chi connectivity index (χ1n) is 6.48. The monoisotopic (exact) mass is 355 g/mol. The van der Waals surface area contributed by atoms with E-state index in [-0.39, 0.29) is 6.04 Å². The van der Waals surface area contributed by atoms with E-state index >= 15 is 0 Å². The normalized spacial score (nSPS) is 12.4. The van der Waals surface area contributed by atoms with Crippen LogP contribution in [0, 0.1) is 6.92 Å². The lowest BCUT2D eigenvalue weighted by Gasteiger charge is -2.16. The summed E-state index contributed by atoms with van der Waals surface area (Å²) in [6, 6.07) is 4.37. The molecule has 6 heteroatoms. The first kappa shape index (κ1) is 15.4. The maximum Gasteiger partial charge on any atom is 0.216 e. The summed E-state index contributed by atoms with van der Waals surface area (Å²) >= 11 is 5.36. The van der Waals surface area contributed by atoms with Crippen molar-refractivity contribution in [3.8, 4) is 5.88 Å². The van der Waals surface area contributed by atoms with E-state index in [1.807, 2.05) is 6.07 Å². The average molecular weight is 356 g/mol. The van der Waals surface area contributed by atoms with Gasteiger partial charge in [0.05, 0.1) is 10.9 Å². The predicted molar refractivity (Wildman–Crippen MR) is 85.5 cm³/mol. The van der Waals surface area contributed by atoms with Gasteiger partial charge >= 0.3 is 0 Å². The van der Waals surface area contributed by atoms with Crippen molar-refractivity contribution >= 4 is 27.3 Å². The topological polar surface area (TPSA) is 47.0 Å². The summed E-state index contributed by atoms with van der Waals surface area (Å²) in [7, 11) is 1.62. The lowest BCUT2D eigenvalue weighted by atomic mass is 10.1. The Bertz CT molecular complexity index is 554. The second-order valence-electron chi connectivity index (χ2n) is 4.47. The van der Waals surface area contributed by atoms with Crippen LogP contribution in [0.2, 0.25) is 0 Å². The summed E-state index contributed by atoms with van der Waals surface area (Å²) in [6.07, 6.45) is 2.37. The van der Waals surface area contributed by atoms with Gasteiger partial charge in [0.2, 0.25) is 5.88 Å². The number of thiophene rings is 1. The molecular weight excluding hydrogens is 338 g/mol. The van der Waals surface area contributed by atoms with Crippen LogP contribution in [0.25, 0.3) is 0 Å². The van der Waals surface area contributed by atoms with Gasteiger partial charge in [-0.3, -0.25) is 0 Å². The number of ether oxygens (including phenoxy) is 1. The summed E-state index contributed by atoms with van der Waals surface area (Å²) in [4.78, 5) is 9.68. The number of methoxy groups -OCH3 is 1. The zero-order chi connectivity index (χ0) is 14.5. The van der Waals surface area contributed by atoms with Crippen LogP contribution in [0.5, 0.6) is 5.88 Å². The van der Waals surface area contributed by atoms with Crippen LogP contribution in [0.15, 0.2) is 22.2 Å². The van der Waals surface area contributed by atoms with E-state index < -0.39 is 0 Å². The van der Waals surface area contributed by atoms with Crippen molar-refractivity contribution in [2.45, 2.75) is 26.3 Å². The van der Waals surface area contributed by atoms with E-state index in [1.54, 1.807) is 24.8 Å². The van der Waals surface area contributed by atoms with Gasteiger partial charge in [-0.1, -0.05) is 6.92 Å².